The summed E-state index contributed by atoms with van der Waals surface area (Å²) in [4.78, 5) is 36.4. The van der Waals surface area contributed by atoms with Crippen LogP contribution in [-0.4, -0.2) is 29.4 Å². The van der Waals surface area contributed by atoms with E-state index in [2.05, 4.69) is 0 Å². The molecule has 0 saturated carbocycles. The molecule has 0 bridgehead atoms. The normalized spacial score (nSPS) is 13.2. The molecule has 138 valence electrons. The Hall–Kier alpha value is -1.66. The molecule has 0 spiro atoms. The summed E-state index contributed by atoms with van der Waals surface area (Å²) in [5.41, 5.74) is -1.64. The van der Waals surface area contributed by atoms with E-state index >= 15 is 0 Å². The van der Waals surface area contributed by atoms with E-state index in [4.69, 9.17) is 9.47 Å². The molecule has 0 aliphatic carbocycles. The molecular weight excluding hydrogens is 340 g/mol. The largest absolute Gasteiger partial charge is 0.427 e. The van der Waals surface area contributed by atoms with E-state index in [0.29, 0.717) is 11.3 Å². The van der Waals surface area contributed by atoms with Gasteiger partial charge in [0.1, 0.15) is 17.0 Å². The Bertz CT molecular complexity index is 658. The van der Waals surface area contributed by atoms with Gasteiger partial charge in [0.05, 0.1) is 5.41 Å². The fourth-order valence-corrected chi connectivity index (χ4v) is 3.54. The van der Waals surface area contributed by atoms with Gasteiger partial charge in [0.25, 0.3) is 0 Å². The molecule has 0 amide bonds. The van der Waals surface area contributed by atoms with E-state index in [1.807, 2.05) is 20.8 Å². The lowest BCUT2D eigenvalue weighted by Crippen LogP contribution is -2.43. The van der Waals surface area contributed by atoms with Gasteiger partial charge in [0.15, 0.2) is 0 Å². The van der Waals surface area contributed by atoms with Crippen molar-refractivity contribution < 1.29 is 23.9 Å². The third kappa shape index (κ3) is 5.68. The molecule has 1 rings (SSSR count). The second-order valence-corrected chi connectivity index (χ2v) is 8.43. The number of Topliss-reactive ketones (excluding diaryl/α,β-unsaturated/α-hetero) is 1. The number of hydrogen-bond donors (Lipinski definition) is 0. The highest BCUT2D eigenvalue weighted by atomic mass is 32.2. The Kier molecular flexibility index (Phi) is 6.97. The van der Waals surface area contributed by atoms with Crippen molar-refractivity contribution in [1.29, 1.82) is 0 Å². The monoisotopic (exact) mass is 366 g/mol. The highest BCUT2D eigenvalue weighted by Crippen LogP contribution is 2.39. The zero-order valence-corrected chi connectivity index (χ0v) is 16.7. The Balaban J connectivity index is 3.00. The van der Waals surface area contributed by atoms with Crippen LogP contribution in [-0.2, 0) is 14.3 Å². The summed E-state index contributed by atoms with van der Waals surface area (Å²) in [6.07, 6.45) is 0. The smallest absolute Gasteiger partial charge is 0.308 e. The van der Waals surface area contributed by atoms with E-state index in [0.717, 1.165) is 11.8 Å². The Morgan fingerprint density at radius 3 is 2.16 bits per heavy atom. The van der Waals surface area contributed by atoms with E-state index in [9.17, 15) is 14.4 Å². The van der Waals surface area contributed by atoms with Gasteiger partial charge in [-0.2, -0.15) is 0 Å². The van der Waals surface area contributed by atoms with Gasteiger partial charge in [-0.15, -0.1) is 0 Å². The summed E-state index contributed by atoms with van der Waals surface area (Å²) in [6, 6.07) is 6.37. The fraction of sp³-hybridized carbons (Fsp3) is 0.526. The van der Waals surface area contributed by atoms with E-state index < -0.39 is 22.2 Å². The van der Waals surface area contributed by atoms with Crippen LogP contribution in [0.3, 0.4) is 0 Å². The molecular formula is C19H26O5S. The van der Waals surface area contributed by atoms with Crippen molar-refractivity contribution in [2.45, 2.75) is 47.0 Å². The minimum atomic E-state index is -0.846. The summed E-state index contributed by atoms with van der Waals surface area (Å²) in [6.45, 7) is 10.4. The van der Waals surface area contributed by atoms with Crippen LogP contribution in [0, 0.1) is 10.8 Å². The topological polar surface area (TPSA) is 69.7 Å². The SMILES string of the molecule is COC(SC(=O)c1cccc(OC(C)=O)c1)C(C)(C)C(=O)C(C)(C)C. The highest BCUT2D eigenvalue weighted by Gasteiger charge is 2.43. The quantitative estimate of drug-likeness (QED) is 0.429. The van der Waals surface area contributed by atoms with Crippen molar-refractivity contribution in [1.82, 2.24) is 0 Å². The molecule has 0 aliphatic heterocycles. The molecule has 6 heteroatoms. The van der Waals surface area contributed by atoms with Crippen LogP contribution in [0.25, 0.3) is 0 Å². The summed E-state index contributed by atoms with van der Waals surface area (Å²) in [5.74, 6) is -0.136. The van der Waals surface area contributed by atoms with Gasteiger partial charge >= 0.3 is 5.97 Å². The third-order valence-electron chi connectivity index (χ3n) is 3.62. The number of benzene rings is 1. The molecule has 0 N–H and O–H groups in total. The number of thioether (sulfide) groups is 1. The number of ether oxygens (including phenoxy) is 2. The first-order valence-electron chi connectivity index (χ1n) is 7.96. The predicted octanol–water partition coefficient (Wildman–Crippen LogP) is 4.10. The van der Waals surface area contributed by atoms with Crippen LogP contribution in [0.2, 0.25) is 0 Å². The summed E-state index contributed by atoms with van der Waals surface area (Å²) >= 11 is 0.954. The van der Waals surface area contributed by atoms with Crippen LogP contribution in [0.15, 0.2) is 24.3 Å². The number of ketones is 1. The molecule has 1 aromatic rings. The highest BCUT2D eigenvalue weighted by molar-refractivity contribution is 8.14. The molecule has 0 aliphatic rings. The number of hydrogen-bond acceptors (Lipinski definition) is 6. The van der Waals surface area contributed by atoms with Crippen molar-refractivity contribution in [3.63, 3.8) is 0 Å². The summed E-state index contributed by atoms with van der Waals surface area (Å²) < 4.78 is 10.5. The number of rotatable bonds is 6. The van der Waals surface area contributed by atoms with Crippen LogP contribution in [0.4, 0.5) is 0 Å². The van der Waals surface area contributed by atoms with Gasteiger partial charge in [-0.1, -0.05) is 44.7 Å². The van der Waals surface area contributed by atoms with Crippen molar-refractivity contribution in [3.8, 4) is 5.75 Å². The van der Waals surface area contributed by atoms with Gasteiger partial charge in [-0.3, -0.25) is 14.4 Å². The van der Waals surface area contributed by atoms with Gasteiger partial charge in [-0.05, 0) is 26.0 Å². The van der Waals surface area contributed by atoms with Crippen molar-refractivity contribution in [2.75, 3.05) is 7.11 Å². The van der Waals surface area contributed by atoms with Crippen LogP contribution < -0.4 is 4.74 Å². The molecule has 1 atom stereocenters. The molecule has 0 aromatic heterocycles. The number of esters is 1. The maximum atomic E-state index is 12.7. The first-order valence-corrected chi connectivity index (χ1v) is 8.84. The minimum absolute atomic E-state index is 0.0146. The fourth-order valence-electron chi connectivity index (χ4n) is 2.58. The lowest BCUT2D eigenvalue weighted by Gasteiger charge is -2.35. The Morgan fingerprint density at radius 1 is 1.08 bits per heavy atom. The van der Waals surface area contributed by atoms with Gasteiger partial charge in [0.2, 0.25) is 5.12 Å². The van der Waals surface area contributed by atoms with Crippen LogP contribution in [0.5, 0.6) is 5.75 Å². The van der Waals surface area contributed by atoms with Gasteiger partial charge in [0, 0.05) is 25.0 Å². The lowest BCUT2D eigenvalue weighted by molar-refractivity contribution is -0.139. The molecule has 0 saturated heterocycles. The molecule has 25 heavy (non-hydrogen) atoms. The molecule has 5 nitrogen and oxygen atoms in total. The van der Waals surface area contributed by atoms with Crippen molar-refractivity contribution >= 4 is 28.6 Å². The second kappa shape index (κ2) is 8.15. The maximum Gasteiger partial charge on any atom is 0.308 e. The van der Waals surface area contributed by atoms with E-state index in [-0.39, 0.29) is 10.9 Å². The van der Waals surface area contributed by atoms with Gasteiger partial charge < -0.3 is 9.47 Å². The van der Waals surface area contributed by atoms with E-state index in [1.165, 1.54) is 20.1 Å². The first kappa shape index (κ1) is 21.4. The Labute approximate surface area is 153 Å². The number of carbonyl (C=O) groups excluding carboxylic acids is 3. The molecule has 1 unspecified atom stereocenters. The van der Waals surface area contributed by atoms with Gasteiger partial charge in [-0.25, -0.2) is 0 Å². The maximum absolute atomic E-state index is 12.7. The second-order valence-electron chi connectivity index (χ2n) is 7.40. The van der Waals surface area contributed by atoms with Crippen molar-refractivity contribution in [2.24, 2.45) is 10.8 Å². The first-order chi connectivity index (χ1) is 11.4. The van der Waals surface area contributed by atoms with E-state index in [1.54, 1.807) is 32.0 Å². The predicted molar refractivity (Wildman–Crippen MR) is 98.7 cm³/mol. The minimum Gasteiger partial charge on any atom is -0.427 e. The Morgan fingerprint density at radius 2 is 1.68 bits per heavy atom. The number of methoxy groups -OCH3 is 1. The average Bonchev–Trinajstić information content (AvgIpc) is 2.50. The molecule has 0 radical (unpaired) electrons. The third-order valence-corrected chi connectivity index (χ3v) is 5.06. The summed E-state index contributed by atoms with van der Waals surface area (Å²) in [7, 11) is 1.48. The zero-order valence-electron chi connectivity index (χ0n) is 15.8. The van der Waals surface area contributed by atoms with Crippen LogP contribution >= 0.6 is 11.8 Å². The zero-order chi connectivity index (χ0) is 19.4. The standard InChI is InChI=1S/C19H26O5S/c1-12(20)24-14-10-8-9-13(11-14)15(21)25-17(23-7)19(5,6)16(22)18(2,3)4/h8-11,17H,1-7H3. The molecule has 0 fully saturated rings. The lowest BCUT2D eigenvalue weighted by atomic mass is 9.75. The number of carbonyl (C=O) groups is 3. The molecule has 1 aromatic carbocycles. The van der Waals surface area contributed by atoms with Crippen molar-refractivity contribution in [3.05, 3.63) is 29.8 Å². The summed E-state index contributed by atoms with van der Waals surface area (Å²) in [5, 5.41) is -0.254. The average molecular weight is 366 g/mol. The van der Waals surface area contributed by atoms with Crippen LogP contribution in [0.1, 0.15) is 51.9 Å². The molecule has 0 heterocycles.